The van der Waals surface area contributed by atoms with Crippen molar-refractivity contribution in [3.8, 4) is 0 Å². The van der Waals surface area contributed by atoms with Crippen molar-refractivity contribution in [1.29, 1.82) is 0 Å². The van der Waals surface area contributed by atoms with Gasteiger partial charge in [0.25, 0.3) is 0 Å². The van der Waals surface area contributed by atoms with Crippen molar-refractivity contribution in [1.82, 2.24) is 0 Å². The predicted molar refractivity (Wildman–Crippen MR) is 71.0 cm³/mol. The van der Waals surface area contributed by atoms with Crippen LogP contribution in [0.4, 0.5) is 0 Å². The van der Waals surface area contributed by atoms with E-state index in [0.717, 1.165) is 0 Å². The number of hydrogen-bond donors (Lipinski definition) is 0. The van der Waals surface area contributed by atoms with E-state index in [2.05, 4.69) is 54.3 Å². The Morgan fingerprint density at radius 2 is 1.46 bits per heavy atom. The van der Waals surface area contributed by atoms with E-state index in [4.69, 9.17) is 0 Å². The molecule has 0 aliphatic carbocycles. The SMILES string of the molecule is CC(C)(C)c1ccc(P)cc1.I.[H+].[I-]. The van der Waals surface area contributed by atoms with E-state index in [1.807, 2.05) is 0 Å². The largest absolute Gasteiger partial charge is 1.00 e. The van der Waals surface area contributed by atoms with Gasteiger partial charge in [-0.3, -0.25) is 0 Å². The molecule has 76 valence electrons. The summed E-state index contributed by atoms with van der Waals surface area (Å²) in [4.78, 5) is 0. The molecule has 0 heterocycles. The van der Waals surface area contributed by atoms with Crippen molar-refractivity contribution in [3.05, 3.63) is 29.8 Å². The molecule has 1 atom stereocenters. The van der Waals surface area contributed by atoms with Gasteiger partial charge in [-0.05, 0) is 16.3 Å². The van der Waals surface area contributed by atoms with Crippen LogP contribution in [0.5, 0.6) is 0 Å². The topological polar surface area (TPSA) is 0 Å². The normalized spacial score (nSPS) is 9.85. The number of rotatable bonds is 0. The fraction of sp³-hybridized carbons (Fsp3) is 0.400. The molecule has 0 bridgehead atoms. The molecule has 0 spiro atoms. The molecule has 1 aromatic carbocycles. The predicted octanol–water partition coefficient (Wildman–Crippen LogP) is 0.219. The second-order valence-corrected chi connectivity index (χ2v) is 4.54. The van der Waals surface area contributed by atoms with Crippen LogP contribution in [0.25, 0.3) is 0 Å². The summed E-state index contributed by atoms with van der Waals surface area (Å²) in [6, 6.07) is 8.63. The Morgan fingerprint density at radius 1 is 1.08 bits per heavy atom. The quantitative estimate of drug-likeness (QED) is 0.415. The minimum absolute atomic E-state index is 0. The molecule has 1 rings (SSSR count). The molecule has 0 radical (unpaired) electrons. The molecule has 0 saturated carbocycles. The molecule has 0 amide bonds. The summed E-state index contributed by atoms with van der Waals surface area (Å²) in [5, 5.41) is 1.25. The summed E-state index contributed by atoms with van der Waals surface area (Å²) in [7, 11) is 2.69. The van der Waals surface area contributed by atoms with Crippen LogP contribution in [-0.4, -0.2) is 0 Å². The van der Waals surface area contributed by atoms with E-state index in [1.54, 1.807) is 0 Å². The lowest BCUT2D eigenvalue weighted by molar-refractivity contribution is -0.00000269. The van der Waals surface area contributed by atoms with Gasteiger partial charge in [-0.15, -0.1) is 33.2 Å². The molecule has 1 aromatic rings. The Kier molecular flexibility index (Phi) is 8.35. The van der Waals surface area contributed by atoms with Crippen LogP contribution in [0, 0.1) is 0 Å². The Labute approximate surface area is 119 Å². The number of hydrogen-bond acceptors (Lipinski definition) is 0. The second kappa shape index (κ2) is 6.57. The van der Waals surface area contributed by atoms with Crippen LogP contribution in [0.3, 0.4) is 0 Å². The zero-order valence-electron chi connectivity index (χ0n) is 9.17. The zero-order valence-corrected chi connectivity index (χ0v) is 13.8. The van der Waals surface area contributed by atoms with E-state index in [1.165, 1.54) is 10.9 Å². The van der Waals surface area contributed by atoms with Gasteiger partial charge in [0.05, 0.1) is 0 Å². The lowest BCUT2D eigenvalue weighted by Crippen LogP contribution is -3.00. The van der Waals surface area contributed by atoms with E-state index < -0.39 is 0 Å². The van der Waals surface area contributed by atoms with Crippen LogP contribution in [0.1, 0.15) is 27.8 Å². The van der Waals surface area contributed by atoms with Crippen LogP contribution in [0.2, 0.25) is 0 Å². The first kappa shape index (κ1) is 16.5. The maximum atomic E-state index is 2.69. The van der Waals surface area contributed by atoms with E-state index in [9.17, 15) is 0 Å². The van der Waals surface area contributed by atoms with Gasteiger partial charge < -0.3 is 24.0 Å². The van der Waals surface area contributed by atoms with Crippen LogP contribution in [0.15, 0.2) is 24.3 Å². The summed E-state index contributed by atoms with van der Waals surface area (Å²) >= 11 is 0. The highest BCUT2D eigenvalue weighted by molar-refractivity contribution is 14.0. The summed E-state index contributed by atoms with van der Waals surface area (Å²) in [5.74, 6) is 0. The van der Waals surface area contributed by atoms with Crippen LogP contribution < -0.4 is 29.3 Å². The third-order valence-corrected chi connectivity index (χ3v) is 2.16. The van der Waals surface area contributed by atoms with Crippen LogP contribution >= 0.6 is 33.2 Å². The summed E-state index contributed by atoms with van der Waals surface area (Å²) in [5.41, 5.74) is 1.67. The molecule has 13 heavy (non-hydrogen) atoms. The lowest BCUT2D eigenvalue weighted by Gasteiger charge is -2.18. The molecule has 0 fully saturated rings. The molecule has 3 heteroatoms. The average molecular weight is 422 g/mol. The minimum Gasteiger partial charge on any atom is -1.00 e. The van der Waals surface area contributed by atoms with Crippen LogP contribution in [-0.2, 0) is 5.41 Å². The van der Waals surface area contributed by atoms with Gasteiger partial charge in [-0.2, -0.15) is 0 Å². The molecule has 0 saturated heterocycles. The molecular weight excluding hydrogens is 405 g/mol. The minimum atomic E-state index is 0. The number of benzene rings is 1. The van der Waals surface area contributed by atoms with Crippen molar-refractivity contribution >= 4 is 38.5 Å². The smallest absolute Gasteiger partial charge is 1.00 e. The first-order valence-electron chi connectivity index (χ1n) is 3.86. The van der Waals surface area contributed by atoms with E-state index in [-0.39, 0.29) is 54.8 Å². The Hall–Kier alpha value is 1.11. The summed E-state index contributed by atoms with van der Waals surface area (Å²) in [6.45, 7) is 6.68. The zero-order chi connectivity index (χ0) is 8.48. The monoisotopic (exact) mass is 422 g/mol. The number of halogens is 2. The molecule has 0 aliphatic rings. The van der Waals surface area contributed by atoms with Gasteiger partial charge >= 0.3 is 1.43 Å². The maximum absolute atomic E-state index is 2.69. The summed E-state index contributed by atoms with van der Waals surface area (Å²) < 4.78 is 0. The second-order valence-electron chi connectivity index (χ2n) is 3.87. The average Bonchev–Trinajstić information content (AvgIpc) is 1.86. The highest BCUT2D eigenvalue weighted by Gasteiger charge is 2.11. The lowest BCUT2D eigenvalue weighted by atomic mass is 9.87. The third kappa shape index (κ3) is 5.53. The highest BCUT2D eigenvalue weighted by atomic mass is 127. The molecule has 1 unspecified atom stereocenters. The fourth-order valence-electron chi connectivity index (χ4n) is 0.983. The van der Waals surface area contributed by atoms with Crippen molar-refractivity contribution in [2.75, 3.05) is 0 Å². The van der Waals surface area contributed by atoms with Gasteiger partial charge in [0.2, 0.25) is 0 Å². The van der Waals surface area contributed by atoms with Crippen molar-refractivity contribution in [2.24, 2.45) is 0 Å². The van der Waals surface area contributed by atoms with Gasteiger partial charge in [0, 0.05) is 0 Å². The first-order chi connectivity index (χ1) is 5.00. The van der Waals surface area contributed by atoms with E-state index in [0.29, 0.717) is 0 Å². The first-order valence-corrected chi connectivity index (χ1v) is 4.44. The summed E-state index contributed by atoms with van der Waals surface area (Å²) in [6.07, 6.45) is 0. The molecular formula is C10H17I2P. The highest BCUT2D eigenvalue weighted by Crippen LogP contribution is 2.20. The Bertz CT molecular complexity index is 241. The molecule has 0 nitrogen and oxygen atoms in total. The van der Waals surface area contributed by atoms with Crippen molar-refractivity contribution < 1.29 is 25.4 Å². The van der Waals surface area contributed by atoms with Gasteiger partial charge in [-0.25, -0.2) is 0 Å². The Balaban J connectivity index is -0.000000403. The molecule has 0 aromatic heterocycles. The van der Waals surface area contributed by atoms with Gasteiger partial charge in [0.15, 0.2) is 0 Å². The maximum Gasteiger partial charge on any atom is 1.00 e. The van der Waals surface area contributed by atoms with Crippen molar-refractivity contribution in [3.63, 3.8) is 0 Å². The standard InChI is InChI=1S/C10H15P.2HI/c1-10(2,3)8-4-6-9(11)7-5-8;;/h4-7H,11H2,1-3H3;2*1H. The van der Waals surface area contributed by atoms with Gasteiger partial charge in [-0.1, -0.05) is 45.0 Å². The van der Waals surface area contributed by atoms with E-state index >= 15 is 0 Å². The third-order valence-electron chi connectivity index (χ3n) is 1.78. The molecule has 0 aliphatic heterocycles. The molecule has 0 N–H and O–H groups in total. The van der Waals surface area contributed by atoms with Gasteiger partial charge in [0.1, 0.15) is 0 Å². The van der Waals surface area contributed by atoms with Crippen molar-refractivity contribution in [2.45, 2.75) is 26.2 Å². The fourth-order valence-corrected chi connectivity index (χ4v) is 1.18. The Morgan fingerprint density at radius 3 is 1.77 bits per heavy atom.